The number of esters is 3. The Labute approximate surface area is 501 Å². The molecule has 0 saturated carbocycles. The van der Waals surface area contributed by atoms with Crippen molar-refractivity contribution in [3.8, 4) is 0 Å². The van der Waals surface area contributed by atoms with Crippen molar-refractivity contribution >= 4 is 17.9 Å². The molecule has 0 aromatic carbocycles. The standard InChI is InChI=1S/C74H142O6/c1-4-7-10-13-16-19-22-25-28-30-32-34-36-38-39-41-43-46-49-52-55-58-61-64-67-73(76)79-70-71(69-78-72(75)66-63-60-57-54-51-48-45-27-24-21-18-15-12-9-6-3)80-74(77)68-65-62-59-56-53-50-47-44-42-40-37-35-33-31-29-26-23-20-17-14-11-8-5-2/h31,33,71H,4-30,32,34-70H2,1-3H3/b33-31-. The van der Waals surface area contributed by atoms with E-state index in [2.05, 4.69) is 32.9 Å². The van der Waals surface area contributed by atoms with Gasteiger partial charge in [-0.3, -0.25) is 14.4 Å². The number of allylic oxidation sites excluding steroid dienone is 2. The van der Waals surface area contributed by atoms with Gasteiger partial charge in [-0.1, -0.05) is 373 Å². The summed E-state index contributed by atoms with van der Waals surface area (Å²) < 4.78 is 17.0. The molecular formula is C74H142O6. The third kappa shape index (κ3) is 66.9. The van der Waals surface area contributed by atoms with Crippen molar-refractivity contribution in [2.24, 2.45) is 0 Å². The summed E-state index contributed by atoms with van der Waals surface area (Å²) in [5, 5.41) is 0. The van der Waals surface area contributed by atoms with Gasteiger partial charge in [0.2, 0.25) is 0 Å². The molecule has 6 heteroatoms. The molecule has 0 aliphatic rings. The van der Waals surface area contributed by atoms with Gasteiger partial charge in [0, 0.05) is 19.3 Å². The van der Waals surface area contributed by atoms with Gasteiger partial charge >= 0.3 is 17.9 Å². The van der Waals surface area contributed by atoms with Gasteiger partial charge in [0.1, 0.15) is 13.2 Å². The lowest BCUT2D eigenvalue weighted by Gasteiger charge is -2.18. The highest BCUT2D eigenvalue weighted by Gasteiger charge is 2.20. The molecule has 6 nitrogen and oxygen atoms in total. The summed E-state index contributed by atoms with van der Waals surface area (Å²) in [6.07, 6.45) is 83.9. The number of carbonyl (C=O) groups is 3. The first-order valence-corrected chi connectivity index (χ1v) is 36.7. The van der Waals surface area contributed by atoms with Gasteiger partial charge in [0.15, 0.2) is 6.10 Å². The summed E-state index contributed by atoms with van der Waals surface area (Å²) in [5.41, 5.74) is 0. The van der Waals surface area contributed by atoms with E-state index in [1.165, 1.54) is 327 Å². The van der Waals surface area contributed by atoms with Crippen LogP contribution in [-0.2, 0) is 28.6 Å². The Bertz CT molecular complexity index is 1250. The topological polar surface area (TPSA) is 78.9 Å². The van der Waals surface area contributed by atoms with Crippen LogP contribution in [0.3, 0.4) is 0 Å². The molecule has 80 heavy (non-hydrogen) atoms. The van der Waals surface area contributed by atoms with Gasteiger partial charge in [-0.25, -0.2) is 0 Å². The Balaban J connectivity index is 4.24. The number of ether oxygens (including phenoxy) is 3. The summed E-state index contributed by atoms with van der Waals surface area (Å²) in [7, 11) is 0. The molecule has 0 aromatic rings. The first-order chi connectivity index (χ1) is 39.5. The molecule has 0 heterocycles. The van der Waals surface area contributed by atoms with Gasteiger partial charge in [0.05, 0.1) is 0 Å². The minimum Gasteiger partial charge on any atom is -0.462 e. The smallest absolute Gasteiger partial charge is 0.306 e. The average molecular weight is 1130 g/mol. The second kappa shape index (κ2) is 69.6. The highest BCUT2D eigenvalue weighted by molar-refractivity contribution is 5.71. The molecule has 0 aliphatic carbocycles. The van der Waals surface area contributed by atoms with E-state index in [9.17, 15) is 14.4 Å². The van der Waals surface area contributed by atoms with Crippen LogP contribution in [0.4, 0.5) is 0 Å². The Morgan fingerprint density at radius 1 is 0.237 bits per heavy atom. The highest BCUT2D eigenvalue weighted by atomic mass is 16.6. The van der Waals surface area contributed by atoms with Crippen LogP contribution in [0, 0.1) is 0 Å². The van der Waals surface area contributed by atoms with Crippen LogP contribution in [0.2, 0.25) is 0 Å². The molecule has 0 rings (SSSR count). The van der Waals surface area contributed by atoms with Crippen molar-refractivity contribution < 1.29 is 28.6 Å². The van der Waals surface area contributed by atoms with Gasteiger partial charge in [-0.05, 0) is 44.9 Å². The van der Waals surface area contributed by atoms with Crippen LogP contribution in [-0.4, -0.2) is 37.2 Å². The zero-order valence-electron chi connectivity index (χ0n) is 54.6. The molecule has 0 bridgehead atoms. The predicted molar refractivity (Wildman–Crippen MR) is 349 cm³/mol. The molecule has 0 N–H and O–H groups in total. The maximum atomic E-state index is 13.0. The van der Waals surface area contributed by atoms with Crippen LogP contribution in [0.5, 0.6) is 0 Å². The zero-order chi connectivity index (χ0) is 57.8. The molecule has 0 aliphatic heterocycles. The Morgan fingerprint density at radius 2 is 0.412 bits per heavy atom. The van der Waals surface area contributed by atoms with E-state index in [-0.39, 0.29) is 31.1 Å². The number of hydrogen-bond donors (Lipinski definition) is 0. The Hall–Kier alpha value is -1.85. The quantitative estimate of drug-likeness (QED) is 0.0261. The largest absolute Gasteiger partial charge is 0.462 e. The van der Waals surface area contributed by atoms with E-state index >= 15 is 0 Å². The lowest BCUT2D eigenvalue weighted by Crippen LogP contribution is -2.30. The second-order valence-electron chi connectivity index (χ2n) is 25.2. The first kappa shape index (κ1) is 78.1. The van der Waals surface area contributed by atoms with Crippen molar-refractivity contribution in [2.75, 3.05) is 13.2 Å². The van der Waals surface area contributed by atoms with Crippen LogP contribution in [0.1, 0.15) is 425 Å². The van der Waals surface area contributed by atoms with Crippen molar-refractivity contribution in [1.29, 1.82) is 0 Å². The molecule has 0 radical (unpaired) electrons. The van der Waals surface area contributed by atoms with E-state index < -0.39 is 6.10 Å². The molecular weight excluding hydrogens is 985 g/mol. The molecule has 0 saturated heterocycles. The van der Waals surface area contributed by atoms with Crippen molar-refractivity contribution in [3.05, 3.63) is 12.2 Å². The number of carbonyl (C=O) groups excluding carboxylic acids is 3. The van der Waals surface area contributed by atoms with Gasteiger partial charge in [0.25, 0.3) is 0 Å². The normalized spacial score (nSPS) is 12.0. The molecule has 0 amide bonds. The molecule has 0 fully saturated rings. The van der Waals surface area contributed by atoms with Gasteiger partial charge in [-0.2, -0.15) is 0 Å². The van der Waals surface area contributed by atoms with E-state index in [1.54, 1.807) is 0 Å². The van der Waals surface area contributed by atoms with Crippen molar-refractivity contribution in [3.63, 3.8) is 0 Å². The average Bonchev–Trinajstić information content (AvgIpc) is 3.46. The summed E-state index contributed by atoms with van der Waals surface area (Å²) >= 11 is 0. The minimum absolute atomic E-state index is 0.0628. The monoisotopic (exact) mass is 1130 g/mol. The first-order valence-electron chi connectivity index (χ1n) is 36.7. The predicted octanol–water partition coefficient (Wildman–Crippen LogP) is 25.2. The zero-order valence-corrected chi connectivity index (χ0v) is 54.6. The highest BCUT2D eigenvalue weighted by Crippen LogP contribution is 2.19. The number of unbranched alkanes of at least 4 members (excludes halogenated alkanes) is 56. The molecule has 0 aromatic heterocycles. The van der Waals surface area contributed by atoms with Crippen LogP contribution >= 0.6 is 0 Å². The molecule has 1 unspecified atom stereocenters. The second-order valence-corrected chi connectivity index (χ2v) is 25.2. The van der Waals surface area contributed by atoms with Crippen molar-refractivity contribution in [2.45, 2.75) is 431 Å². The van der Waals surface area contributed by atoms with Crippen LogP contribution in [0.15, 0.2) is 12.2 Å². The maximum absolute atomic E-state index is 13.0. The van der Waals surface area contributed by atoms with Crippen LogP contribution < -0.4 is 0 Å². The van der Waals surface area contributed by atoms with Gasteiger partial charge in [-0.15, -0.1) is 0 Å². The van der Waals surface area contributed by atoms with Gasteiger partial charge < -0.3 is 14.2 Å². The Morgan fingerprint density at radius 3 is 0.625 bits per heavy atom. The summed E-state index contributed by atoms with van der Waals surface area (Å²) in [4.78, 5) is 38.5. The molecule has 1 atom stereocenters. The number of rotatable bonds is 69. The fourth-order valence-electron chi connectivity index (χ4n) is 11.5. The summed E-state index contributed by atoms with van der Waals surface area (Å²) in [6.45, 7) is 6.74. The molecule has 474 valence electrons. The SMILES string of the molecule is CCCCCCCCCC/C=C\CCCCCCCCCCCCCC(=O)OC(COC(=O)CCCCCCCCCCCCCCCCC)COC(=O)CCCCCCCCCCCCCCCCCCCCCCCCCC. The fraction of sp³-hybridized carbons (Fsp3) is 0.932. The lowest BCUT2D eigenvalue weighted by atomic mass is 10.0. The maximum Gasteiger partial charge on any atom is 0.306 e. The van der Waals surface area contributed by atoms with E-state index in [1.807, 2.05) is 0 Å². The van der Waals surface area contributed by atoms with E-state index in [4.69, 9.17) is 14.2 Å². The molecule has 0 spiro atoms. The summed E-state index contributed by atoms with van der Waals surface area (Å²) in [5.74, 6) is -0.825. The third-order valence-corrected chi connectivity index (χ3v) is 17.0. The van der Waals surface area contributed by atoms with E-state index in [0.29, 0.717) is 19.3 Å². The van der Waals surface area contributed by atoms with Crippen molar-refractivity contribution in [1.82, 2.24) is 0 Å². The number of hydrogen-bond acceptors (Lipinski definition) is 6. The Kier molecular flexibility index (Phi) is 68.0. The van der Waals surface area contributed by atoms with E-state index in [0.717, 1.165) is 57.8 Å². The lowest BCUT2D eigenvalue weighted by molar-refractivity contribution is -0.167. The minimum atomic E-state index is -0.767. The van der Waals surface area contributed by atoms with Crippen LogP contribution in [0.25, 0.3) is 0 Å². The fourth-order valence-corrected chi connectivity index (χ4v) is 11.5. The third-order valence-electron chi connectivity index (χ3n) is 17.0. The summed E-state index contributed by atoms with van der Waals surface area (Å²) in [6, 6.07) is 0.